The quantitative estimate of drug-likeness (QED) is 0.649. The third-order valence-electron chi connectivity index (χ3n) is 4.48. The average Bonchev–Trinajstić information content (AvgIpc) is 2.89. The lowest BCUT2D eigenvalue weighted by atomic mass is 10.1. The molecule has 0 radical (unpaired) electrons. The topological polar surface area (TPSA) is 6.48 Å². The molecule has 4 rings (SSSR count). The summed E-state index contributed by atoms with van der Waals surface area (Å²) in [7, 11) is 2.21. The van der Waals surface area contributed by atoms with Crippen molar-refractivity contribution < 1.29 is 0 Å². The molecular formula is C18H22Cl2N2S. The van der Waals surface area contributed by atoms with Crippen LogP contribution in [0.15, 0.2) is 42.5 Å². The van der Waals surface area contributed by atoms with Crippen molar-refractivity contribution in [2.45, 2.75) is 6.54 Å². The maximum Gasteiger partial charge on any atom is 0.0400 e. The van der Waals surface area contributed by atoms with Gasteiger partial charge in [0.15, 0.2) is 0 Å². The van der Waals surface area contributed by atoms with Gasteiger partial charge in [0, 0.05) is 52.9 Å². The molecule has 0 N–H and O–H groups in total. The predicted molar refractivity (Wildman–Crippen MR) is 107 cm³/mol. The normalized spacial score (nSPS) is 16.2. The summed E-state index contributed by atoms with van der Waals surface area (Å²) in [6.45, 7) is 5.80. The summed E-state index contributed by atoms with van der Waals surface area (Å²) in [5.41, 5.74) is 1.48. The number of halogens is 2. The fourth-order valence-electron chi connectivity index (χ4n) is 3.18. The largest absolute Gasteiger partial charge is 0.304 e. The summed E-state index contributed by atoms with van der Waals surface area (Å²) in [4.78, 5) is 5.00. The minimum absolute atomic E-state index is 0. The minimum Gasteiger partial charge on any atom is -0.304 e. The van der Waals surface area contributed by atoms with E-state index in [1.807, 2.05) is 11.3 Å². The maximum atomic E-state index is 2.58. The van der Waals surface area contributed by atoms with Crippen molar-refractivity contribution in [1.29, 1.82) is 0 Å². The number of hydrogen-bond donors (Lipinski definition) is 0. The second-order valence-electron chi connectivity index (χ2n) is 5.97. The van der Waals surface area contributed by atoms with Crippen molar-refractivity contribution in [2.75, 3.05) is 33.2 Å². The first kappa shape index (κ1) is 18.5. The molecule has 1 aliphatic heterocycles. The van der Waals surface area contributed by atoms with Crippen LogP contribution in [0, 0.1) is 0 Å². The Hall–Kier alpha value is -0.840. The number of thiophene rings is 1. The van der Waals surface area contributed by atoms with Crippen molar-refractivity contribution in [3.8, 4) is 0 Å². The molecule has 2 aromatic carbocycles. The Morgan fingerprint density at radius 1 is 0.870 bits per heavy atom. The van der Waals surface area contributed by atoms with Crippen molar-refractivity contribution in [3.05, 3.63) is 48.0 Å². The molecule has 1 fully saturated rings. The second-order valence-corrected chi connectivity index (χ2v) is 7.02. The molecule has 0 amide bonds. The van der Waals surface area contributed by atoms with Gasteiger partial charge >= 0.3 is 0 Å². The number of likely N-dealkylation sites (N-methyl/N-ethyl adjacent to an activating group) is 1. The van der Waals surface area contributed by atoms with Gasteiger partial charge in [-0.3, -0.25) is 4.90 Å². The van der Waals surface area contributed by atoms with Crippen LogP contribution in [-0.4, -0.2) is 43.0 Å². The Balaban J connectivity index is 0.000000960. The van der Waals surface area contributed by atoms with Crippen LogP contribution in [-0.2, 0) is 6.54 Å². The molecule has 0 spiro atoms. The van der Waals surface area contributed by atoms with Gasteiger partial charge < -0.3 is 4.90 Å². The summed E-state index contributed by atoms with van der Waals surface area (Å²) in [5.74, 6) is 0. The van der Waals surface area contributed by atoms with Crippen LogP contribution >= 0.6 is 36.2 Å². The Labute approximate surface area is 153 Å². The smallest absolute Gasteiger partial charge is 0.0400 e. The van der Waals surface area contributed by atoms with Gasteiger partial charge in [-0.25, -0.2) is 0 Å². The lowest BCUT2D eigenvalue weighted by molar-refractivity contribution is 0.148. The van der Waals surface area contributed by atoms with Gasteiger partial charge in [0.2, 0.25) is 0 Å². The molecule has 0 unspecified atom stereocenters. The Morgan fingerprint density at radius 2 is 1.57 bits per heavy atom. The average molecular weight is 369 g/mol. The number of fused-ring (bicyclic) bond motifs is 3. The standard InChI is InChI=1S/C18H20N2S.2ClH/c1-19-9-11-20(12-10-19)13-14-5-4-7-16-15-6-2-3-8-17(15)21-18(14)16;;/h2-8H,9-13H2,1H3;2*1H. The second kappa shape index (κ2) is 7.82. The van der Waals surface area contributed by atoms with Gasteiger partial charge in [-0.2, -0.15) is 0 Å². The van der Waals surface area contributed by atoms with E-state index in [4.69, 9.17) is 0 Å². The van der Waals surface area contributed by atoms with Crippen molar-refractivity contribution in [1.82, 2.24) is 9.80 Å². The molecule has 0 atom stereocenters. The zero-order valence-electron chi connectivity index (χ0n) is 13.2. The first-order chi connectivity index (χ1) is 10.3. The lowest BCUT2D eigenvalue weighted by Gasteiger charge is -2.32. The van der Waals surface area contributed by atoms with Crippen LogP contribution in [0.3, 0.4) is 0 Å². The van der Waals surface area contributed by atoms with Gasteiger partial charge in [0.05, 0.1) is 0 Å². The fourth-order valence-corrected chi connectivity index (χ4v) is 4.38. The minimum atomic E-state index is 0. The Bertz CT molecular complexity index is 779. The number of rotatable bonds is 2. The third kappa shape index (κ3) is 3.65. The van der Waals surface area contributed by atoms with Crippen LogP contribution in [0.5, 0.6) is 0 Å². The highest BCUT2D eigenvalue weighted by atomic mass is 35.5. The van der Waals surface area contributed by atoms with E-state index in [1.165, 1.54) is 51.9 Å². The van der Waals surface area contributed by atoms with Gasteiger partial charge in [-0.15, -0.1) is 36.2 Å². The van der Waals surface area contributed by atoms with Crippen LogP contribution < -0.4 is 0 Å². The Kier molecular flexibility index (Phi) is 6.29. The zero-order chi connectivity index (χ0) is 14.2. The molecule has 1 aromatic heterocycles. The lowest BCUT2D eigenvalue weighted by Crippen LogP contribution is -2.43. The molecule has 1 saturated heterocycles. The molecule has 2 heterocycles. The van der Waals surface area contributed by atoms with Crippen molar-refractivity contribution in [2.24, 2.45) is 0 Å². The van der Waals surface area contributed by atoms with Crippen LogP contribution in [0.1, 0.15) is 5.56 Å². The van der Waals surface area contributed by atoms with E-state index < -0.39 is 0 Å². The first-order valence-electron chi connectivity index (χ1n) is 7.61. The van der Waals surface area contributed by atoms with Crippen LogP contribution in [0.4, 0.5) is 0 Å². The molecule has 124 valence electrons. The number of nitrogens with zero attached hydrogens (tertiary/aromatic N) is 2. The molecule has 1 aliphatic rings. The van der Waals surface area contributed by atoms with Crippen LogP contribution in [0.25, 0.3) is 20.2 Å². The van der Waals surface area contributed by atoms with E-state index in [9.17, 15) is 0 Å². The monoisotopic (exact) mass is 368 g/mol. The molecule has 3 aromatic rings. The molecule has 2 nitrogen and oxygen atoms in total. The van der Waals surface area contributed by atoms with E-state index >= 15 is 0 Å². The summed E-state index contributed by atoms with van der Waals surface area (Å²) in [5, 5.41) is 2.82. The highest BCUT2D eigenvalue weighted by Crippen LogP contribution is 2.36. The molecule has 0 aliphatic carbocycles. The fraction of sp³-hybridized carbons (Fsp3) is 0.333. The maximum absolute atomic E-state index is 2.58. The van der Waals surface area contributed by atoms with Gasteiger partial charge in [-0.05, 0) is 18.7 Å². The first-order valence-corrected chi connectivity index (χ1v) is 8.43. The Morgan fingerprint density at radius 3 is 2.35 bits per heavy atom. The predicted octanol–water partition coefficient (Wildman–Crippen LogP) is 4.65. The van der Waals surface area contributed by atoms with Gasteiger partial charge in [0.25, 0.3) is 0 Å². The summed E-state index contributed by atoms with van der Waals surface area (Å²) in [6.07, 6.45) is 0. The summed E-state index contributed by atoms with van der Waals surface area (Å²) < 4.78 is 2.87. The highest BCUT2D eigenvalue weighted by molar-refractivity contribution is 7.26. The SMILES string of the molecule is CN1CCN(Cc2cccc3c2sc2ccccc23)CC1.Cl.Cl. The number of hydrogen-bond acceptors (Lipinski definition) is 3. The van der Waals surface area contributed by atoms with E-state index in [0.29, 0.717) is 0 Å². The third-order valence-corrected chi connectivity index (χ3v) is 5.74. The van der Waals surface area contributed by atoms with Crippen molar-refractivity contribution >= 4 is 56.3 Å². The zero-order valence-corrected chi connectivity index (χ0v) is 15.6. The van der Waals surface area contributed by atoms with E-state index in [2.05, 4.69) is 59.3 Å². The molecular weight excluding hydrogens is 347 g/mol. The molecule has 0 saturated carbocycles. The van der Waals surface area contributed by atoms with E-state index in [0.717, 1.165) is 6.54 Å². The van der Waals surface area contributed by atoms with Crippen molar-refractivity contribution in [3.63, 3.8) is 0 Å². The van der Waals surface area contributed by atoms with Crippen LogP contribution in [0.2, 0.25) is 0 Å². The summed E-state index contributed by atoms with van der Waals surface area (Å²) in [6, 6.07) is 15.5. The molecule has 0 bridgehead atoms. The number of benzene rings is 2. The van der Waals surface area contributed by atoms with Gasteiger partial charge in [-0.1, -0.05) is 36.4 Å². The highest BCUT2D eigenvalue weighted by Gasteiger charge is 2.16. The summed E-state index contributed by atoms with van der Waals surface area (Å²) >= 11 is 1.94. The molecule has 23 heavy (non-hydrogen) atoms. The van der Waals surface area contributed by atoms with Gasteiger partial charge in [0.1, 0.15) is 0 Å². The van der Waals surface area contributed by atoms with E-state index in [1.54, 1.807) is 0 Å². The molecule has 5 heteroatoms. The number of piperazine rings is 1. The van der Waals surface area contributed by atoms with E-state index in [-0.39, 0.29) is 24.8 Å².